The average Bonchev–Trinajstić information content (AvgIpc) is 2.98. The number of pyridine rings is 2. The lowest BCUT2D eigenvalue weighted by molar-refractivity contribution is 0.882. The third-order valence-corrected chi connectivity index (χ3v) is 3.83. The number of rotatable bonds is 2. The summed E-state index contributed by atoms with van der Waals surface area (Å²) in [7, 11) is 0. The fourth-order valence-corrected chi connectivity index (χ4v) is 2.75. The Morgan fingerprint density at radius 3 is 2.71 bits per heavy atom. The summed E-state index contributed by atoms with van der Waals surface area (Å²) in [5, 5.41) is 6.60. The quantitative estimate of drug-likeness (QED) is 0.611. The molecule has 0 aliphatic rings. The minimum Gasteiger partial charge on any atom is -0.320 e. The van der Waals surface area contributed by atoms with Crippen LogP contribution in [0.25, 0.3) is 16.3 Å². The maximum atomic E-state index is 6.50. The van der Waals surface area contributed by atoms with Crippen molar-refractivity contribution < 1.29 is 0 Å². The molecule has 0 saturated heterocycles. The third kappa shape index (κ3) is 1.88. The molecular weight excluding hydrogens is 260 g/mol. The predicted octanol–water partition coefficient (Wildman–Crippen LogP) is 2.93. The van der Waals surface area contributed by atoms with Crippen LogP contribution in [0.1, 0.15) is 17.2 Å². The van der Waals surface area contributed by atoms with Crippen molar-refractivity contribution in [2.45, 2.75) is 6.04 Å². The van der Waals surface area contributed by atoms with E-state index in [1.807, 2.05) is 59.6 Å². The van der Waals surface area contributed by atoms with Crippen LogP contribution in [0.3, 0.4) is 0 Å². The van der Waals surface area contributed by atoms with Gasteiger partial charge in [-0.2, -0.15) is 5.10 Å². The van der Waals surface area contributed by atoms with Gasteiger partial charge in [0.25, 0.3) is 0 Å². The number of fused-ring (bicyclic) bond motifs is 2. The summed E-state index contributed by atoms with van der Waals surface area (Å²) < 4.78 is 1.84. The first kappa shape index (κ1) is 12.1. The largest absolute Gasteiger partial charge is 0.320 e. The summed E-state index contributed by atoms with van der Waals surface area (Å²) in [4.78, 5) is 4.32. The van der Waals surface area contributed by atoms with Crippen molar-refractivity contribution in [2.75, 3.05) is 0 Å². The second-order valence-corrected chi connectivity index (χ2v) is 5.06. The van der Waals surface area contributed by atoms with E-state index in [0.29, 0.717) is 0 Å². The maximum Gasteiger partial charge on any atom is 0.0712 e. The molecule has 0 spiro atoms. The van der Waals surface area contributed by atoms with Crippen LogP contribution in [-0.2, 0) is 0 Å². The number of nitrogens with zero attached hydrogens (tertiary/aromatic N) is 3. The van der Waals surface area contributed by atoms with Crippen LogP contribution >= 0.6 is 0 Å². The van der Waals surface area contributed by atoms with E-state index in [1.165, 1.54) is 0 Å². The summed E-state index contributed by atoms with van der Waals surface area (Å²) in [6.07, 6.45) is 7.47. The van der Waals surface area contributed by atoms with Gasteiger partial charge in [-0.3, -0.25) is 4.98 Å². The van der Waals surface area contributed by atoms with E-state index in [2.05, 4.69) is 22.2 Å². The molecule has 1 atom stereocenters. The molecule has 102 valence electrons. The minimum atomic E-state index is -0.247. The summed E-state index contributed by atoms with van der Waals surface area (Å²) in [6, 6.07) is 13.9. The summed E-state index contributed by atoms with van der Waals surface area (Å²) in [5.41, 5.74) is 9.55. The lowest BCUT2D eigenvalue weighted by Crippen LogP contribution is -2.12. The molecule has 3 aromatic heterocycles. The molecule has 0 aliphatic carbocycles. The SMILES string of the molecule is NC(c1cncc2ccccc12)c1cnn2ccccc12. The maximum absolute atomic E-state index is 6.50. The van der Waals surface area contributed by atoms with Gasteiger partial charge in [-0.15, -0.1) is 0 Å². The molecule has 0 aliphatic heterocycles. The molecule has 1 unspecified atom stereocenters. The van der Waals surface area contributed by atoms with Crippen molar-refractivity contribution in [3.05, 3.63) is 78.4 Å². The van der Waals surface area contributed by atoms with Gasteiger partial charge in [0.15, 0.2) is 0 Å². The molecule has 4 aromatic rings. The van der Waals surface area contributed by atoms with Crippen LogP contribution in [0.5, 0.6) is 0 Å². The molecule has 3 heterocycles. The molecule has 4 heteroatoms. The standard InChI is InChI=1S/C17H14N4/c18-17(15-11-20-21-8-4-3-7-16(15)21)14-10-19-9-12-5-1-2-6-13(12)14/h1-11,17H,18H2. The van der Waals surface area contributed by atoms with Gasteiger partial charge in [-0.25, -0.2) is 4.52 Å². The number of hydrogen-bond donors (Lipinski definition) is 1. The van der Waals surface area contributed by atoms with Crippen molar-refractivity contribution in [3.8, 4) is 0 Å². The zero-order chi connectivity index (χ0) is 14.2. The first-order chi connectivity index (χ1) is 10.3. The highest BCUT2D eigenvalue weighted by Crippen LogP contribution is 2.28. The molecule has 1 aromatic carbocycles. The highest BCUT2D eigenvalue weighted by molar-refractivity contribution is 5.85. The molecule has 21 heavy (non-hydrogen) atoms. The fourth-order valence-electron chi connectivity index (χ4n) is 2.75. The van der Waals surface area contributed by atoms with E-state index < -0.39 is 0 Å². The van der Waals surface area contributed by atoms with Crippen LogP contribution in [-0.4, -0.2) is 14.6 Å². The third-order valence-electron chi connectivity index (χ3n) is 3.83. The smallest absolute Gasteiger partial charge is 0.0712 e. The summed E-state index contributed by atoms with van der Waals surface area (Å²) in [6.45, 7) is 0. The number of benzene rings is 1. The predicted molar refractivity (Wildman–Crippen MR) is 83.0 cm³/mol. The summed E-state index contributed by atoms with van der Waals surface area (Å²) in [5.74, 6) is 0. The van der Waals surface area contributed by atoms with Gasteiger partial charge < -0.3 is 5.73 Å². The molecule has 0 fully saturated rings. The van der Waals surface area contributed by atoms with Gasteiger partial charge in [0.2, 0.25) is 0 Å². The lowest BCUT2D eigenvalue weighted by Gasteiger charge is -2.13. The van der Waals surface area contributed by atoms with Crippen LogP contribution < -0.4 is 5.73 Å². The zero-order valence-corrected chi connectivity index (χ0v) is 11.3. The van der Waals surface area contributed by atoms with Crippen LogP contribution in [0.2, 0.25) is 0 Å². The first-order valence-corrected chi connectivity index (χ1v) is 6.85. The van der Waals surface area contributed by atoms with Crippen molar-refractivity contribution in [1.82, 2.24) is 14.6 Å². The number of hydrogen-bond acceptors (Lipinski definition) is 3. The molecule has 0 amide bonds. The van der Waals surface area contributed by atoms with Gasteiger partial charge in [-0.1, -0.05) is 30.3 Å². The minimum absolute atomic E-state index is 0.247. The zero-order valence-electron chi connectivity index (χ0n) is 11.3. The second-order valence-electron chi connectivity index (χ2n) is 5.06. The average molecular weight is 274 g/mol. The fraction of sp³-hybridized carbons (Fsp3) is 0.0588. The molecule has 4 rings (SSSR count). The van der Waals surface area contributed by atoms with Crippen molar-refractivity contribution in [1.29, 1.82) is 0 Å². The van der Waals surface area contributed by atoms with Crippen molar-refractivity contribution in [2.24, 2.45) is 5.73 Å². The Morgan fingerprint density at radius 1 is 0.905 bits per heavy atom. The van der Waals surface area contributed by atoms with E-state index >= 15 is 0 Å². The van der Waals surface area contributed by atoms with E-state index in [9.17, 15) is 0 Å². The van der Waals surface area contributed by atoms with Gasteiger partial charge in [0.1, 0.15) is 0 Å². The Labute approximate surface area is 121 Å². The lowest BCUT2D eigenvalue weighted by atomic mass is 9.97. The Bertz CT molecular complexity index is 921. The highest BCUT2D eigenvalue weighted by Gasteiger charge is 2.16. The van der Waals surface area contributed by atoms with Gasteiger partial charge >= 0.3 is 0 Å². The van der Waals surface area contributed by atoms with E-state index in [0.717, 1.165) is 27.4 Å². The van der Waals surface area contributed by atoms with Gasteiger partial charge in [-0.05, 0) is 23.1 Å². The Kier molecular flexibility index (Phi) is 2.69. The Hall–Kier alpha value is -2.72. The van der Waals surface area contributed by atoms with Gasteiger partial charge in [0, 0.05) is 29.5 Å². The normalized spacial score (nSPS) is 12.8. The number of aromatic nitrogens is 3. The van der Waals surface area contributed by atoms with Crippen LogP contribution in [0.4, 0.5) is 0 Å². The molecule has 0 bridgehead atoms. The van der Waals surface area contributed by atoms with Gasteiger partial charge in [0.05, 0.1) is 17.8 Å². The van der Waals surface area contributed by atoms with E-state index in [-0.39, 0.29) is 6.04 Å². The van der Waals surface area contributed by atoms with E-state index in [1.54, 1.807) is 0 Å². The van der Waals surface area contributed by atoms with Crippen molar-refractivity contribution in [3.63, 3.8) is 0 Å². The van der Waals surface area contributed by atoms with E-state index in [4.69, 9.17) is 5.73 Å². The number of nitrogens with two attached hydrogens (primary N) is 1. The second kappa shape index (κ2) is 4.68. The van der Waals surface area contributed by atoms with Crippen molar-refractivity contribution >= 4 is 16.3 Å². The topological polar surface area (TPSA) is 56.2 Å². The monoisotopic (exact) mass is 274 g/mol. The molecule has 0 saturated carbocycles. The summed E-state index contributed by atoms with van der Waals surface area (Å²) >= 11 is 0. The van der Waals surface area contributed by atoms with Crippen LogP contribution in [0, 0.1) is 0 Å². The Balaban J connectivity index is 1.92. The molecule has 2 N–H and O–H groups in total. The van der Waals surface area contributed by atoms with Crippen LogP contribution in [0.15, 0.2) is 67.3 Å². The molecule has 0 radical (unpaired) electrons. The Morgan fingerprint density at radius 2 is 1.76 bits per heavy atom. The molecule has 4 nitrogen and oxygen atoms in total. The molecular formula is C17H14N4. The highest BCUT2D eigenvalue weighted by atomic mass is 15.2. The first-order valence-electron chi connectivity index (χ1n) is 6.85.